The van der Waals surface area contributed by atoms with Crippen molar-refractivity contribution in [3.63, 3.8) is 0 Å². The van der Waals surface area contributed by atoms with Crippen molar-refractivity contribution in [3.05, 3.63) is 35.7 Å². The van der Waals surface area contributed by atoms with Crippen LogP contribution in [0.2, 0.25) is 0 Å². The van der Waals surface area contributed by atoms with Crippen LogP contribution in [-0.2, 0) is 0 Å². The molecule has 0 atom stereocenters. The van der Waals surface area contributed by atoms with Gasteiger partial charge in [-0.2, -0.15) is 0 Å². The van der Waals surface area contributed by atoms with Crippen molar-refractivity contribution in [1.29, 1.82) is 0 Å². The average Bonchev–Trinajstić information content (AvgIpc) is 3.29. The van der Waals surface area contributed by atoms with Gasteiger partial charge in [0.25, 0.3) is 0 Å². The highest BCUT2D eigenvalue weighted by Gasteiger charge is 2.28. The van der Waals surface area contributed by atoms with Gasteiger partial charge in [0, 0.05) is 16.4 Å². The Morgan fingerprint density at radius 2 is 1.90 bits per heavy atom. The summed E-state index contributed by atoms with van der Waals surface area (Å²) >= 11 is 1.62. The molecule has 2 aromatic rings. The smallest absolute Gasteiger partial charge is 0.135 e. The zero-order valence-corrected chi connectivity index (χ0v) is 12.4. The molecule has 0 spiro atoms. The van der Waals surface area contributed by atoms with Gasteiger partial charge in [-0.25, -0.2) is 9.97 Å². The minimum Gasteiger partial charge on any atom is -0.497 e. The predicted molar refractivity (Wildman–Crippen MR) is 80.3 cm³/mol. The SMILES string of the molecule is COc1ccc(Sc2nc(C3CC3)nc(N)c2C)cc1. The predicted octanol–water partition coefficient (Wildman–Crippen LogP) is 3.40. The molecule has 1 aromatic carbocycles. The quantitative estimate of drug-likeness (QED) is 0.873. The van der Waals surface area contributed by atoms with Crippen molar-refractivity contribution >= 4 is 17.6 Å². The Bertz CT molecular complexity index is 624. The summed E-state index contributed by atoms with van der Waals surface area (Å²) < 4.78 is 5.17. The number of nitrogens with two attached hydrogens (primary N) is 1. The van der Waals surface area contributed by atoms with Crippen molar-refractivity contribution in [2.24, 2.45) is 0 Å². The molecule has 0 saturated heterocycles. The van der Waals surface area contributed by atoms with E-state index in [2.05, 4.69) is 9.97 Å². The molecule has 20 heavy (non-hydrogen) atoms. The normalized spacial score (nSPS) is 14.3. The van der Waals surface area contributed by atoms with Crippen molar-refractivity contribution in [2.75, 3.05) is 12.8 Å². The number of rotatable bonds is 4. The molecule has 1 saturated carbocycles. The van der Waals surface area contributed by atoms with E-state index in [0.29, 0.717) is 11.7 Å². The fourth-order valence-corrected chi connectivity index (χ4v) is 2.80. The summed E-state index contributed by atoms with van der Waals surface area (Å²) in [6.45, 7) is 1.97. The summed E-state index contributed by atoms with van der Waals surface area (Å²) in [5, 5.41) is 0.949. The fourth-order valence-electron chi connectivity index (χ4n) is 1.91. The molecule has 0 radical (unpaired) electrons. The molecular formula is C15H17N3OS. The van der Waals surface area contributed by atoms with Crippen molar-refractivity contribution in [2.45, 2.75) is 35.6 Å². The Hall–Kier alpha value is -1.75. The first-order chi connectivity index (χ1) is 9.67. The Kier molecular flexibility index (Phi) is 3.53. The van der Waals surface area contributed by atoms with E-state index in [4.69, 9.17) is 10.5 Å². The lowest BCUT2D eigenvalue weighted by atomic mass is 10.3. The monoisotopic (exact) mass is 287 g/mol. The van der Waals surface area contributed by atoms with Gasteiger partial charge >= 0.3 is 0 Å². The second-order valence-electron chi connectivity index (χ2n) is 4.95. The zero-order chi connectivity index (χ0) is 14.1. The van der Waals surface area contributed by atoms with Crippen LogP contribution in [-0.4, -0.2) is 17.1 Å². The van der Waals surface area contributed by atoms with Gasteiger partial charge in [0.05, 0.1) is 7.11 Å². The summed E-state index contributed by atoms with van der Waals surface area (Å²) in [6, 6.07) is 7.95. The molecule has 2 N–H and O–H groups in total. The number of ether oxygens (including phenoxy) is 1. The Balaban J connectivity index is 1.88. The van der Waals surface area contributed by atoms with E-state index in [9.17, 15) is 0 Å². The van der Waals surface area contributed by atoms with E-state index in [1.165, 1.54) is 12.8 Å². The summed E-state index contributed by atoms with van der Waals surface area (Å²) in [5.41, 5.74) is 6.96. The Labute approximate surface area is 122 Å². The molecule has 0 aliphatic heterocycles. The zero-order valence-electron chi connectivity index (χ0n) is 11.6. The Morgan fingerprint density at radius 1 is 1.20 bits per heavy atom. The van der Waals surface area contributed by atoms with Gasteiger partial charge in [0.15, 0.2) is 0 Å². The van der Waals surface area contributed by atoms with Gasteiger partial charge in [0.2, 0.25) is 0 Å². The lowest BCUT2D eigenvalue weighted by Gasteiger charge is -2.09. The molecule has 1 aliphatic rings. The van der Waals surface area contributed by atoms with E-state index in [1.54, 1.807) is 18.9 Å². The number of nitrogen functional groups attached to an aromatic ring is 1. The first-order valence-electron chi connectivity index (χ1n) is 6.63. The molecule has 1 heterocycles. The Morgan fingerprint density at radius 3 is 2.50 bits per heavy atom. The molecular weight excluding hydrogens is 270 g/mol. The lowest BCUT2D eigenvalue weighted by molar-refractivity contribution is 0.414. The van der Waals surface area contributed by atoms with E-state index >= 15 is 0 Å². The third-order valence-electron chi connectivity index (χ3n) is 3.37. The van der Waals surface area contributed by atoms with Crippen LogP contribution in [0.5, 0.6) is 5.75 Å². The van der Waals surface area contributed by atoms with Gasteiger partial charge in [-0.1, -0.05) is 11.8 Å². The molecule has 0 bridgehead atoms. The summed E-state index contributed by atoms with van der Waals surface area (Å²) in [7, 11) is 1.67. The van der Waals surface area contributed by atoms with Crippen LogP contribution in [0.3, 0.4) is 0 Å². The van der Waals surface area contributed by atoms with Gasteiger partial charge in [0.1, 0.15) is 22.4 Å². The number of nitrogens with zero attached hydrogens (tertiary/aromatic N) is 2. The van der Waals surface area contributed by atoms with Crippen LogP contribution in [0.15, 0.2) is 34.2 Å². The number of benzene rings is 1. The number of hydrogen-bond acceptors (Lipinski definition) is 5. The average molecular weight is 287 g/mol. The van der Waals surface area contributed by atoms with Crippen molar-refractivity contribution in [1.82, 2.24) is 9.97 Å². The van der Waals surface area contributed by atoms with Crippen LogP contribution in [0.4, 0.5) is 5.82 Å². The summed E-state index contributed by atoms with van der Waals surface area (Å²) in [6.07, 6.45) is 2.35. The fraction of sp³-hybridized carbons (Fsp3) is 0.333. The van der Waals surface area contributed by atoms with Gasteiger partial charge < -0.3 is 10.5 Å². The van der Waals surface area contributed by atoms with Crippen molar-refractivity contribution < 1.29 is 4.74 Å². The summed E-state index contributed by atoms with van der Waals surface area (Å²) in [5.74, 6) is 2.85. The molecule has 104 valence electrons. The molecule has 1 aromatic heterocycles. The highest BCUT2D eigenvalue weighted by Crippen LogP contribution is 2.40. The first kappa shape index (κ1) is 13.2. The minimum atomic E-state index is 0.508. The maximum atomic E-state index is 6.00. The second-order valence-corrected chi connectivity index (χ2v) is 6.01. The third-order valence-corrected chi connectivity index (χ3v) is 4.47. The van der Waals surface area contributed by atoms with Crippen LogP contribution in [0.25, 0.3) is 0 Å². The topological polar surface area (TPSA) is 61.0 Å². The third kappa shape index (κ3) is 2.72. The lowest BCUT2D eigenvalue weighted by Crippen LogP contribution is -2.03. The van der Waals surface area contributed by atoms with Crippen LogP contribution in [0, 0.1) is 6.92 Å². The molecule has 0 amide bonds. The molecule has 4 nitrogen and oxygen atoms in total. The van der Waals surface area contributed by atoms with Crippen LogP contribution in [0.1, 0.15) is 30.1 Å². The molecule has 1 aliphatic carbocycles. The first-order valence-corrected chi connectivity index (χ1v) is 7.45. The highest BCUT2D eigenvalue weighted by atomic mass is 32.2. The standard InChI is InChI=1S/C15H17N3OS/c1-9-13(16)17-14(10-3-4-10)18-15(9)20-12-7-5-11(19-2)6-8-12/h5-8,10H,3-4H2,1-2H3,(H2,16,17,18). The van der Waals surface area contributed by atoms with Gasteiger partial charge in [-0.05, 0) is 44.0 Å². The number of aromatic nitrogens is 2. The van der Waals surface area contributed by atoms with Gasteiger partial charge in [-0.3, -0.25) is 0 Å². The minimum absolute atomic E-state index is 0.508. The van der Waals surface area contributed by atoms with E-state index < -0.39 is 0 Å². The van der Waals surface area contributed by atoms with E-state index in [0.717, 1.165) is 27.1 Å². The maximum Gasteiger partial charge on any atom is 0.135 e. The largest absolute Gasteiger partial charge is 0.497 e. The summed E-state index contributed by atoms with van der Waals surface area (Å²) in [4.78, 5) is 10.2. The van der Waals surface area contributed by atoms with E-state index in [1.807, 2.05) is 31.2 Å². The highest BCUT2D eigenvalue weighted by molar-refractivity contribution is 7.99. The second kappa shape index (κ2) is 5.32. The van der Waals surface area contributed by atoms with E-state index in [-0.39, 0.29) is 0 Å². The molecule has 5 heteroatoms. The number of anilines is 1. The van der Waals surface area contributed by atoms with Crippen molar-refractivity contribution in [3.8, 4) is 5.75 Å². The van der Waals surface area contributed by atoms with Gasteiger partial charge in [-0.15, -0.1) is 0 Å². The number of hydrogen-bond donors (Lipinski definition) is 1. The molecule has 3 rings (SSSR count). The molecule has 0 unspecified atom stereocenters. The van der Waals surface area contributed by atoms with Crippen LogP contribution >= 0.6 is 11.8 Å². The number of methoxy groups -OCH3 is 1. The molecule has 1 fully saturated rings. The maximum absolute atomic E-state index is 6.00. The van der Waals surface area contributed by atoms with Crippen LogP contribution < -0.4 is 10.5 Å².